The molecule has 9 heteroatoms. The molecule has 0 fully saturated rings. The van der Waals surface area contributed by atoms with Gasteiger partial charge in [0.15, 0.2) is 17.2 Å². The molecule has 23 heavy (non-hydrogen) atoms. The number of hydrogen-bond acceptors (Lipinski definition) is 4. The highest BCUT2D eigenvalue weighted by atomic mass is 19.4. The molecule has 3 aromatic rings. The molecular weight excluding hydrogens is 311 g/mol. The number of oxime groups is 1. The summed E-state index contributed by atoms with van der Waals surface area (Å²) in [6, 6.07) is 9.31. The molecule has 0 aliphatic carbocycles. The van der Waals surface area contributed by atoms with E-state index >= 15 is 0 Å². The number of fused-ring (bicyclic) bond motifs is 1. The van der Waals surface area contributed by atoms with Crippen molar-refractivity contribution in [3.63, 3.8) is 0 Å². The topological polar surface area (TPSA) is 88.8 Å². The first-order valence-electron chi connectivity index (χ1n) is 6.41. The van der Waals surface area contributed by atoms with Crippen LogP contribution in [-0.4, -0.2) is 25.6 Å². The first-order chi connectivity index (χ1) is 10.9. The number of halogens is 3. The van der Waals surface area contributed by atoms with Crippen molar-refractivity contribution in [3.05, 3.63) is 53.9 Å². The van der Waals surface area contributed by atoms with Crippen molar-refractivity contribution in [2.75, 3.05) is 0 Å². The average Bonchev–Trinajstić information content (AvgIpc) is 2.97. The van der Waals surface area contributed by atoms with Crippen LogP contribution in [0.3, 0.4) is 0 Å². The number of hydrogen-bond donors (Lipinski definition) is 2. The van der Waals surface area contributed by atoms with Gasteiger partial charge in [0.25, 0.3) is 0 Å². The summed E-state index contributed by atoms with van der Waals surface area (Å²) in [6.07, 6.45) is -3.57. The Balaban J connectivity index is 2.35. The molecule has 118 valence electrons. The number of nitrogens with zero attached hydrogens (tertiary/aromatic N) is 4. The van der Waals surface area contributed by atoms with Gasteiger partial charge in [-0.25, -0.2) is 9.50 Å². The molecule has 3 N–H and O–H groups in total. The van der Waals surface area contributed by atoms with E-state index in [0.29, 0.717) is 10.1 Å². The second-order valence-electron chi connectivity index (χ2n) is 4.67. The lowest BCUT2D eigenvalue weighted by Gasteiger charge is -2.11. The molecule has 2 heterocycles. The van der Waals surface area contributed by atoms with E-state index in [4.69, 9.17) is 10.9 Å². The molecule has 0 aliphatic rings. The van der Waals surface area contributed by atoms with E-state index in [9.17, 15) is 13.2 Å². The van der Waals surface area contributed by atoms with Gasteiger partial charge in [-0.05, 0) is 6.07 Å². The van der Waals surface area contributed by atoms with Crippen molar-refractivity contribution >= 4 is 11.5 Å². The van der Waals surface area contributed by atoms with Crippen LogP contribution in [0.5, 0.6) is 0 Å². The Hall–Kier alpha value is -3.10. The number of nitrogens with two attached hydrogens (primary N) is 1. The summed E-state index contributed by atoms with van der Waals surface area (Å²) in [5.74, 6) is -0.370. The third-order valence-electron chi connectivity index (χ3n) is 3.22. The fourth-order valence-electron chi connectivity index (χ4n) is 2.16. The smallest absolute Gasteiger partial charge is 0.409 e. The third-order valence-corrected chi connectivity index (χ3v) is 3.22. The van der Waals surface area contributed by atoms with Gasteiger partial charge < -0.3 is 10.9 Å². The summed E-state index contributed by atoms with van der Waals surface area (Å²) in [4.78, 5) is 4.18. The van der Waals surface area contributed by atoms with Gasteiger partial charge in [-0.3, -0.25) is 0 Å². The molecule has 0 saturated heterocycles. The van der Waals surface area contributed by atoms with Crippen LogP contribution in [-0.2, 0) is 6.18 Å². The lowest BCUT2D eigenvalue weighted by molar-refractivity contribution is -0.142. The quantitative estimate of drug-likeness (QED) is 0.328. The monoisotopic (exact) mass is 321 g/mol. The minimum atomic E-state index is -4.64. The van der Waals surface area contributed by atoms with Gasteiger partial charge in [0, 0.05) is 5.56 Å². The van der Waals surface area contributed by atoms with E-state index in [1.807, 2.05) is 0 Å². The van der Waals surface area contributed by atoms with Gasteiger partial charge in [-0.1, -0.05) is 35.5 Å². The molecule has 3 rings (SSSR count). The summed E-state index contributed by atoms with van der Waals surface area (Å²) in [5, 5.41) is 15.2. The molecule has 0 spiro atoms. The second kappa shape index (κ2) is 5.27. The fraction of sp³-hybridized carbons (Fsp3) is 0.0714. The molecule has 0 radical (unpaired) electrons. The number of alkyl halides is 3. The van der Waals surface area contributed by atoms with Gasteiger partial charge in [0.1, 0.15) is 0 Å². The van der Waals surface area contributed by atoms with E-state index < -0.39 is 11.9 Å². The Labute approximate surface area is 127 Å². The Morgan fingerprint density at radius 3 is 2.52 bits per heavy atom. The van der Waals surface area contributed by atoms with Crippen LogP contribution in [0.2, 0.25) is 0 Å². The van der Waals surface area contributed by atoms with Crippen molar-refractivity contribution in [3.8, 4) is 11.3 Å². The van der Waals surface area contributed by atoms with Gasteiger partial charge in [-0.2, -0.15) is 18.3 Å². The molecule has 0 unspecified atom stereocenters. The van der Waals surface area contributed by atoms with Crippen LogP contribution in [0.15, 0.2) is 47.8 Å². The number of rotatable bonds is 2. The zero-order valence-electron chi connectivity index (χ0n) is 11.5. The third kappa shape index (κ3) is 2.56. The highest BCUT2D eigenvalue weighted by molar-refractivity contribution is 6.02. The van der Waals surface area contributed by atoms with Crippen LogP contribution in [0, 0.1) is 0 Å². The maximum atomic E-state index is 13.3. The van der Waals surface area contributed by atoms with Crippen molar-refractivity contribution in [1.82, 2.24) is 14.6 Å². The van der Waals surface area contributed by atoms with Gasteiger partial charge in [0.2, 0.25) is 0 Å². The van der Waals surface area contributed by atoms with E-state index in [0.717, 1.165) is 12.3 Å². The molecule has 0 bridgehead atoms. The van der Waals surface area contributed by atoms with Gasteiger partial charge >= 0.3 is 6.18 Å². The summed E-state index contributed by atoms with van der Waals surface area (Å²) in [5.41, 5.74) is 4.96. The van der Waals surface area contributed by atoms with Gasteiger partial charge in [-0.15, -0.1) is 0 Å². The Morgan fingerprint density at radius 2 is 1.91 bits per heavy atom. The SMILES string of the molecule is N/C(=N\O)c1cnn2c(C(F)(F)F)cc(-c3ccccc3)nc12. The summed E-state index contributed by atoms with van der Waals surface area (Å²) >= 11 is 0. The van der Waals surface area contributed by atoms with E-state index in [-0.39, 0.29) is 22.7 Å². The van der Waals surface area contributed by atoms with Crippen molar-refractivity contribution in [2.24, 2.45) is 10.9 Å². The molecule has 2 aromatic heterocycles. The largest absolute Gasteiger partial charge is 0.433 e. The number of amidine groups is 1. The van der Waals surface area contributed by atoms with E-state index in [1.54, 1.807) is 30.3 Å². The molecule has 1 aromatic carbocycles. The van der Waals surface area contributed by atoms with Crippen molar-refractivity contribution in [1.29, 1.82) is 0 Å². The molecule has 0 aliphatic heterocycles. The number of aromatic nitrogens is 3. The predicted octanol–water partition coefficient (Wildman–Crippen LogP) is 2.51. The van der Waals surface area contributed by atoms with Crippen LogP contribution in [0.25, 0.3) is 16.9 Å². The molecule has 0 amide bonds. The molecule has 0 saturated carbocycles. The predicted molar refractivity (Wildman–Crippen MR) is 75.9 cm³/mol. The highest BCUT2D eigenvalue weighted by Crippen LogP contribution is 2.32. The minimum absolute atomic E-state index is 0.00998. The van der Waals surface area contributed by atoms with Crippen LogP contribution in [0.4, 0.5) is 13.2 Å². The number of benzene rings is 1. The average molecular weight is 321 g/mol. The summed E-state index contributed by atoms with van der Waals surface area (Å²) in [6.45, 7) is 0. The van der Waals surface area contributed by atoms with E-state index in [2.05, 4.69) is 15.2 Å². The maximum absolute atomic E-state index is 13.3. The van der Waals surface area contributed by atoms with E-state index in [1.165, 1.54) is 0 Å². The second-order valence-corrected chi connectivity index (χ2v) is 4.67. The Morgan fingerprint density at radius 1 is 1.22 bits per heavy atom. The molecule has 6 nitrogen and oxygen atoms in total. The zero-order valence-corrected chi connectivity index (χ0v) is 11.5. The highest BCUT2D eigenvalue weighted by Gasteiger charge is 2.35. The van der Waals surface area contributed by atoms with Crippen molar-refractivity contribution in [2.45, 2.75) is 6.18 Å². The fourth-order valence-corrected chi connectivity index (χ4v) is 2.16. The standard InChI is InChI=1S/C14H10F3N5O/c15-14(16,17)11-6-10(8-4-2-1-3-5-8)20-13-9(12(18)21-23)7-19-22(11)13/h1-7,23H,(H2,18,21). The lowest BCUT2D eigenvalue weighted by Crippen LogP contribution is -2.16. The Bertz CT molecular complexity index is 887. The van der Waals surface area contributed by atoms with Crippen LogP contribution in [0.1, 0.15) is 11.3 Å². The maximum Gasteiger partial charge on any atom is 0.433 e. The van der Waals surface area contributed by atoms with Crippen LogP contribution >= 0.6 is 0 Å². The zero-order chi connectivity index (χ0) is 16.6. The first kappa shape index (κ1) is 14.8. The molecule has 0 atom stereocenters. The lowest BCUT2D eigenvalue weighted by atomic mass is 10.1. The van der Waals surface area contributed by atoms with Crippen LogP contribution < -0.4 is 5.73 Å². The summed E-state index contributed by atoms with van der Waals surface area (Å²) in [7, 11) is 0. The van der Waals surface area contributed by atoms with Crippen molar-refractivity contribution < 1.29 is 18.4 Å². The normalized spacial score (nSPS) is 12.7. The first-order valence-corrected chi connectivity index (χ1v) is 6.41. The molecular formula is C14H10F3N5O. The van der Waals surface area contributed by atoms with Gasteiger partial charge in [0.05, 0.1) is 17.5 Å². The summed E-state index contributed by atoms with van der Waals surface area (Å²) < 4.78 is 40.5. The minimum Gasteiger partial charge on any atom is -0.409 e. The Kier molecular flexibility index (Phi) is 3.40.